The molecule has 0 spiro atoms. The van der Waals surface area contributed by atoms with Crippen LogP contribution in [0.15, 0.2) is 28.9 Å². The Morgan fingerprint density at radius 3 is 2.76 bits per heavy atom. The van der Waals surface area contributed by atoms with Gasteiger partial charge in [-0.3, -0.25) is 14.6 Å². The molecular weight excluding hydrogens is 324 g/mol. The molecule has 2 aromatic heterocycles. The summed E-state index contributed by atoms with van der Waals surface area (Å²) in [7, 11) is 0. The molecular formula is C17H20N4O4. The van der Waals surface area contributed by atoms with Crippen LogP contribution in [-0.2, 0) is 16.0 Å². The van der Waals surface area contributed by atoms with Crippen LogP contribution in [0.1, 0.15) is 44.4 Å². The third kappa shape index (κ3) is 4.40. The Morgan fingerprint density at radius 2 is 2.08 bits per heavy atom. The summed E-state index contributed by atoms with van der Waals surface area (Å²) in [5, 5.41) is 15.9. The van der Waals surface area contributed by atoms with Crippen LogP contribution in [-0.4, -0.2) is 37.6 Å². The molecule has 0 unspecified atom stereocenters. The van der Waals surface area contributed by atoms with Gasteiger partial charge in [0.1, 0.15) is 5.69 Å². The number of carboxylic acid groups (broad SMARTS) is 1. The first-order valence-electron chi connectivity index (χ1n) is 8.33. The zero-order chi connectivity index (χ0) is 17.7. The Hall–Kier alpha value is -2.77. The van der Waals surface area contributed by atoms with Gasteiger partial charge in [-0.2, -0.15) is 4.98 Å². The van der Waals surface area contributed by atoms with Crippen LogP contribution in [0, 0.1) is 0 Å². The van der Waals surface area contributed by atoms with Gasteiger partial charge in [-0.1, -0.05) is 24.1 Å². The molecule has 2 N–H and O–H groups in total. The first-order valence-corrected chi connectivity index (χ1v) is 8.33. The summed E-state index contributed by atoms with van der Waals surface area (Å²) >= 11 is 0. The van der Waals surface area contributed by atoms with Gasteiger partial charge in [0.15, 0.2) is 0 Å². The van der Waals surface area contributed by atoms with E-state index >= 15 is 0 Å². The number of carbonyl (C=O) groups is 2. The van der Waals surface area contributed by atoms with Crippen LogP contribution in [0.2, 0.25) is 0 Å². The lowest BCUT2D eigenvalue weighted by atomic mass is 9.93. The number of nitrogens with one attached hydrogen (secondary N) is 1. The van der Waals surface area contributed by atoms with Gasteiger partial charge in [-0.25, -0.2) is 0 Å². The summed E-state index contributed by atoms with van der Waals surface area (Å²) in [5.74, 6) is -0.344. The molecule has 0 radical (unpaired) electrons. The number of carbonyl (C=O) groups excluding carboxylic acids is 1. The summed E-state index contributed by atoms with van der Waals surface area (Å²) in [6, 6.07) is 5.40. The van der Waals surface area contributed by atoms with E-state index in [2.05, 4.69) is 20.4 Å². The van der Waals surface area contributed by atoms with Crippen molar-refractivity contribution in [3.05, 3.63) is 30.3 Å². The number of carboxylic acids is 1. The molecule has 3 rings (SSSR count). The van der Waals surface area contributed by atoms with Crippen molar-refractivity contribution in [1.29, 1.82) is 0 Å². The van der Waals surface area contributed by atoms with Gasteiger partial charge < -0.3 is 14.9 Å². The van der Waals surface area contributed by atoms with Gasteiger partial charge in [0.25, 0.3) is 0 Å². The van der Waals surface area contributed by atoms with Crippen molar-refractivity contribution in [2.75, 3.05) is 0 Å². The van der Waals surface area contributed by atoms with E-state index in [1.807, 2.05) is 6.07 Å². The summed E-state index contributed by atoms with van der Waals surface area (Å²) in [4.78, 5) is 31.7. The van der Waals surface area contributed by atoms with Gasteiger partial charge in [0.2, 0.25) is 17.6 Å². The maximum absolute atomic E-state index is 12.2. The number of aryl methyl sites for hydroxylation is 1. The number of aliphatic carboxylic acids is 1. The Labute approximate surface area is 144 Å². The first-order chi connectivity index (χ1) is 12.1. The molecule has 2 aromatic rings. The molecule has 2 heterocycles. The lowest BCUT2D eigenvalue weighted by molar-refractivity contribution is -0.139. The third-order valence-electron chi connectivity index (χ3n) is 4.38. The number of nitrogens with zero attached hydrogens (tertiary/aromatic N) is 3. The van der Waals surface area contributed by atoms with Crippen molar-refractivity contribution in [3.63, 3.8) is 0 Å². The second-order valence-corrected chi connectivity index (χ2v) is 6.33. The van der Waals surface area contributed by atoms with Crippen molar-refractivity contribution in [2.45, 2.75) is 50.5 Å². The fourth-order valence-electron chi connectivity index (χ4n) is 3.22. The topological polar surface area (TPSA) is 118 Å². The highest BCUT2D eigenvalue weighted by atomic mass is 16.5. The molecule has 0 aliphatic heterocycles. The predicted molar refractivity (Wildman–Crippen MR) is 87.4 cm³/mol. The minimum absolute atomic E-state index is 0.0386. The summed E-state index contributed by atoms with van der Waals surface area (Å²) in [5.41, 5.74) is -0.00928. The lowest BCUT2D eigenvalue weighted by Crippen LogP contribution is -2.47. The predicted octanol–water partition coefficient (Wildman–Crippen LogP) is 1.97. The molecule has 1 saturated carbocycles. The van der Waals surface area contributed by atoms with Gasteiger partial charge >= 0.3 is 5.97 Å². The smallest absolute Gasteiger partial charge is 0.305 e. The van der Waals surface area contributed by atoms with Crippen LogP contribution >= 0.6 is 0 Å². The SMILES string of the molecule is O=C(O)CC1(NC(=O)CCc2nc(-c3ccccn3)no2)CCCC1. The molecule has 1 fully saturated rings. The summed E-state index contributed by atoms with van der Waals surface area (Å²) in [6.45, 7) is 0. The molecule has 8 nitrogen and oxygen atoms in total. The Morgan fingerprint density at radius 1 is 1.28 bits per heavy atom. The van der Waals surface area contributed by atoms with Gasteiger partial charge in [-0.15, -0.1) is 0 Å². The van der Waals surface area contributed by atoms with E-state index in [1.54, 1.807) is 18.3 Å². The lowest BCUT2D eigenvalue weighted by Gasteiger charge is -2.28. The van der Waals surface area contributed by atoms with E-state index in [0.29, 0.717) is 36.7 Å². The normalized spacial score (nSPS) is 15.8. The monoisotopic (exact) mass is 344 g/mol. The molecule has 1 aliphatic rings. The maximum atomic E-state index is 12.2. The number of amides is 1. The van der Waals surface area contributed by atoms with E-state index in [1.165, 1.54) is 0 Å². The van der Waals surface area contributed by atoms with E-state index in [4.69, 9.17) is 9.63 Å². The molecule has 1 aliphatic carbocycles. The van der Waals surface area contributed by atoms with Crippen molar-refractivity contribution in [3.8, 4) is 11.5 Å². The second-order valence-electron chi connectivity index (χ2n) is 6.33. The largest absolute Gasteiger partial charge is 0.481 e. The van der Waals surface area contributed by atoms with E-state index in [9.17, 15) is 9.59 Å². The number of pyridine rings is 1. The zero-order valence-corrected chi connectivity index (χ0v) is 13.8. The summed E-state index contributed by atoms with van der Waals surface area (Å²) < 4.78 is 5.15. The Bertz CT molecular complexity index is 738. The highest BCUT2D eigenvalue weighted by Crippen LogP contribution is 2.32. The molecule has 0 atom stereocenters. The van der Waals surface area contributed by atoms with Crippen LogP contribution in [0.5, 0.6) is 0 Å². The van der Waals surface area contributed by atoms with E-state index in [0.717, 1.165) is 12.8 Å². The van der Waals surface area contributed by atoms with Crippen LogP contribution in [0.4, 0.5) is 0 Å². The highest BCUT2D eigenvalue weighted by molar-refractivity contribution is 5.78. The van der Waals surface area contributed by atoms with Gasteiger partial charge in [-0.05, 0) is 25.0 Å². The number of hydrogen-bond acceptors (Lipinski definition) is 6. The van der Waals surface area contributed by atoms with E-state index < -0.39 is 11.5 Å². The fraction of sp³-hybridized carbons (Fsp3) is 0.471. The fourth-order valence-corrected chi connectivity index (χ4v) is 3.22. The minimum Gasteiger partial charge on any atom is -0.481 e. The standard InChI is InChI=1S/C17H20N4O4/c22-13(20-17(11-15(23)24)8-2-3-9-17)6-7-14-19-16(21-25-14)12-5-1-4-10-18-12/h1,4-5,10H,2-3,6-9,11H2,(H,20,22)(H,23,24). The van der Waals surface area contributed by atoms with Crippen LogP contribution in [0.25, 0.3) is 11.5 Å². The van der Waals surface area contributed by atoms with Crippen LogP contribution < -0.4 is 5.32 Å². The quantitative estimate of drug-likeness (QED) is 0.788. The number of rotatable bonds is 7. The molecule has 0 saturated heterocycles. The van der Waals surface area contributed by atoms with Crippen molar-refractivity contribution in [1.82, 2.24) is 20.4 Å². The van der Waals surface area contributed by atoms with Crippen molar-refractivity contribution < 1.29 is 19.2 Å². The molecule has 0 bridgehead atoms. The maximum Gasteiger partial charge on any atom is 0.305 e. The molecule has 25 heavy (non-hydrogen) atoms. The minimum atomic E-state index is -0.890. The zero-order valence-electron chi connectivity index (χ0n) is 13.8. The van der Waals surface area contributed by atoms with Gasteiger partial charge in [0.05, 0.1) is 12.0 Å². The van der Waals surface area contributed by atoms with Crippen LogP contribution in [0.3, 0.4) is 0 Å². The van der Waals surface area contributed by atoms with E-state index in [-0.39, 0.29) is 18.7 Å². The Balaban J connectivity index is 1.55. The van der Waals surface area contributed by atoms with Crippen molar-refractivity contribution >= 4 is 11.9 Å². The summed E-state index contributed by atoms with van der Waals surface area (Å²) in [6.07, 6.45) is 5.35. The molecule has 132 valence electrons. The molecule has 0 aromatic carbocycles. The first kappa shape index (κ1) is 17.1. The van der Waals surface area contributed by atoms with Crippen molar-refractivity contribution in [2.24, 2.45) is 0 Å². The molecule has 1 amide bonds. The number of aromatic nitrogens is 3. The number of hydrogen-bond donors (Lipinski definition) is 2. The highest BCUT2D eigenvalue weighted by Gasteiger charge is 2.37. The molecule has 8 heteroatoms. The third-order valence-corrected chi connectivity index (χ3v) is 4.38. The average molecular weight is 344 g/mol. The average Bonchev–Trinajstić information content (AvgIpc) is 3.23. The second kappa shape index (κ2) is 7.42. The van der Waals surface area contributed by atoms with Gasteiger partial charge in [0, 0.05) is 19.0 Å². The Kier molecular flexibility index (Phi) is 5.06.